The Kier molecular flexibility index (Phi) is 3.71. The van der Waals surface area contributed by atoms with Crippen LogP contribution in [0.25, 0.3) is 0 Å². The molecule has 0 aliphatic heterocycles. The fourth-order valence-electron chi connectivity index (χ4n) is 1.30. The first-order valence-corrected chi connectivity index (χ1v) is 5.41. The Morgan fingerprint density at radius 3 is 2.64 bits per heavy atom. The molecule has 1 aromatic heterocycles. The van der Waals surface area contributed by atoms with Crippen molar-refractivity contribution in [3.63, 3.8) is 0 Å². The van der Waals surface area contributed by atoms with Gasteiger partial charge in [-0.2, -0.15) is 4.37 Å². The van der Waals surface area contributed by atoms with Crippen LogP contribution in [-0.4, -0.2) is 36.0 Å². The van der Waals surface area contributed by atoms with Crippen molar-refractivity contribution < 1.29 is 0 Å². The van der Waals surface area contributed by atoms with Crippen molar-refractivity contribution in [1.29, 1.82) is 0 Å². The second kappa shape index (κ2) is 4.61. The number of rotatable bonds is 4. The molecule has 1 unspecified atom stereocenters. The molecule has 0 spiro atoms. The maximum absolute atomic E-state index is 5.67. The molecule has 14 heavy (non-hydrogen) atoms. The van der Waals surface area contributed by atoms with Gasteiger partial charge in [-0.25, -0.2) is 0 Å². The molecule has 1 rings (SSSR count). The van der Waals surface area contributed by atoms with E-state index >= 15 is 0 Å². The van der Waals surface area contributed by atoms with Crippen molar-refractivity contribution in [1.82, 2.24) is 9.27 Å². The highest BCUT2D eigenvalue weighted by molar-refractivity contribution is 7.10. The lowest BCUT2D eigenvalue weighted by Gasteiger charge is -2.18. The maximum atomic E-state index is 5.67. The smallest absolute Gasteiger partial charge is 0.142 e. The molecule has 0 aliphatic rings. The molecule has 1 heterocycles. The lowest BCUT2D eigenvalue weighted by molar-refractivity contribution is 0.392. The maximum Gasteiger partial charge on any atom is 0.142 e. The van der Waals surface area contributed by atoms with Gasteiger partial charge in [0.05, 0.1) is 0 Å². The van der Waals surface area contributed by atoms with Gasteiger partial charge in [0.2, 0.25) is 0 Å². The van der Waals surface area contributed by atoms with Crippen molar-refractivity contribution in [2.75, 3.05) is 31.7 Å². The molecule has 0 aromatic carbocycles. The van der Waals surface area contributed by atoms with Gasteiger partial charge in [0.1, 0.15) is 10.8 Å². The fraction of sp³-hybridized carbons (Fsp3) is 0.667. The summed E-state index contributed by atoms with van der Waals surface area (Å²) in [7, 11) is 4.12. The van der Waals surface area contributed by atoms with Gasteiger partial charge in [-0.3, -0.25) is 0 Å². The Bertz CT molecular complexity index is 295. The Balaban J connectivity index is 2.56. The topological polar surface area (TPSA) is 54.2 Å². The van der Waals surface area contributed by atoms with Crippen molar-refractivity contribution in [2.45, 2.75) is 19.9 Å². The molecule has 0 bridgehead atoms. The first kappa shape index (κ1) is 11.3. The first-order valence-electron chi connectivity index (χ1n) is 4.63. The number of aromatic nitrogens is 1. The summed E-state index contributed by atoms with van der Waals surface area (Å²) in [6.45, 7) is 5.14. The Labute approximate surface area is 89.3 Å². The molecule has 5 heteroatoms. The monoisotopic (exact) mass is 214 g/mol. The number of nitrogens with one attached hydrogen (secondary N) is 1. The standard InChI is InChI=1S/C9H18N4S/c1-6(5-13(3)4)11-9-7(2)8(10)12-14-9/h6,11H,5H2,1-4H3,(H2,10,12). The largest absolute Gasteiger partial charge is 0.383 e. The zero-order valence-electron chi connectivity index (χ0n) is 9.16. The molecule has 0 aliphatic carbocycles. The van der Waals surface area contributed by atoms with Crippen LogP contribution in [-0.2, 0) is 0 Å². The van der Waals surface area contributed by atoms with Gasteiger partial charge in [0.15, 0.2) is 0 Å². The lowest BCUT2D eigenvalue weighted by atomic mass is 10.3. The zero-order chi connectivity index (χ0) is 10.7. The Morgan fingerprint density at radius 2 is 2.21 bits per heavy atom. The second-order valence-corrected chi connectivity index (χ2v) is 4.60. The summed E-state index contributed by atoms with van der Waals surface area (Å²) in [5, 5.41) is 4.48. The van der Waals surface area contributed by atoms with Gasteiger partial charge >= 0.3 is 0 Å². The van der Waals surface area contributed by atoms with E-state index in [0.717, 1.165) is 17.1 Å². The number of hydrogen-bond acceptors (Lipinski definition) is 5. The van der Waals surface area contributed by atoms with Crippen LogP contribution in [0.3, 0.4) is 0 Å². The summed E-state index contributed by atoms with van der Waals surface area (Å²) in [6, 6.07) is 0.406. The molecule has 3 N–H and O–H groups in total. The summed E-state index contributed by atoms with van der Waals surface area (Å²) in [5.41, 5.74) is 6.72. The number of nitrogens with zero attached hydrogens (tertiary/aromatic N) is 2. The average Bonchev–Trinajstić information content (AvgIpc) is 2.34. The third kappa shape index (κ3) is 2.85. The van der Waals surface area contributed by atoms with E-state index in [1.807, 2.05) is 6.92 Å². The van der Waals surface area contributed by atoms with E-state index in [4.69, 9.17) is 5.73 Å². The molecule has 0 saturated heterocycles. The molecular weight excluding hydrogens is 196 g/mol. The number of hydrogen-bond donors (Lipinski definition) is 2. The summed E-state index contributed by atoms with van der Waals surface area (Å²) in [4.78, 5) is 2.15. The first-order chi connectivity index (χ1) is 6.50. The summed E-state index contributed by atoms with van der Waals surface area (Å²) in [5.74, 6) is 0.634. The summed E-state index contributed by atoms with van der Waals surface area (Å²) < 4.78 is 4.09. The second-order valence-electron chi connectivity index (χ2n) is 3.83. The van der Waals surface area contributed by atoms with Crippen LogP contribution in [0.2, 0.25) is 0 Å². The van der Waals surface area contributed by atoms with Crippen LogP contribution < -0.4 is 11.1 Å². The minimum Gasteiger partial charge on any atom is -0.383 e. The van der Waals surface area contributed by atoms with Gasteiger partial charge in [0.25, 0.3) is 0 Å². The zero-order valence-corrected chi connectivity index (χ0v) is 9.98. The van der Waals surface area contributed by atoms with Crippen molar-refractivity contribution in [3.8, 4) is 0 Å². The van der Waals surface area contributed by atoms with Crippen molar-refractivity contribution in [3.05, 3.63) is 5.56 Å². The molecule has 1 aromatic rings. The minimum atomic E-state index is 0.406. The van der Waals surface area contributed by atoms with E-state index < -0.39 is 0 Å². The van der Waals surface area contributed by atoms with Crippen LogP contribution in [0.4, 0.5) is 10.8 Å². The highest BCUT2D eigenvalue weighted by Gasteiger charge is 2.09. The third-order valence-corrected chi connectivity index (χ3v) is 2.87. The lowest BCUT2D eigenvalue weighted by Crippen LogP contribution is -2.29. The van der Waals surface area contributed by atoms with E-state index in [-0.39, 0.29) is 0 Å². The normalized spacial score (nSPS) is 13.2. The van der Waals surface area contributed by atoms with Crippen LogP contribution in [0.5, 0.6) is 0 Å². The van der Waals surface area contributed by atoms with Crippen LogP contribution in [0.1, 0.15) is 12.5 Å². The molecule has 0 radical (unpaired) electrons. The van der Waals surface area contributed by atoms with E-state index in [9.17, 15) is 0 Å². The van der Waals surface area contributed by atoms with Gasteiger partial charge in [-0.1, -0.05) is 0 Å². The summed E-state index contributed by atoms with van der Waals surface area (Å²) >= 11 is 1.43. The molecular formula is C9H18N4S. The fourth-order valence-corrected chi connectivity index (χ4v) is 2.12. The third-order valence-electron chi connectivity index (χ3n) is 1.98. The van der Waals surface area contributed by atoms with Crippen LogP contribution in [0.15, 0.2) is 0 Å². The van der Waals surface area contributed by atoms with Crippen LogP contribution >= 0.6 is 11.5 Å². The van der Waals surface area contributed by atoms with Crippen LogP contribution in [0, 0.1) is 6.92 Å². The average molecular weight is 214 g/mol. The molecule has 4 nitrogen and oxygen atoms in total. The Morgan fingerprint density at radius 1 is 1.57 bits per heavy atom. The molecule has 0 amide bonds. The number of likely N-dealkylation sites (N-methyl/N-ethyl adjacent to an activating group) is 1. The highest BCUT2D eigenvalue weighted by atomic mass is 32.1. The molecule has 0 saturated carbocycles. The van der Waals surface area contributed by atoms with E-state index in [1.54, 1.807) is 0 Å². The number of nitrogens with two attached hydrogens (primary N) is 1. The van der Waals surface area contributed by atoms with Gasteiger partial charge in [0, 0.05) is 18.2 Å². The number of nitrogen functional groups attached to an aromatic ring is 1. The molecule has 1 atom stereocenters. The SMILES string of the molecule is Cc1c(N)nsc1NC(C)CN(C)C. The molecule has 80 valence electrons. The van der Waals surface area contributed by atoms with Crippen molar-refractivity contribution in [2.24, 2.45) is 0 Å². The predicted molar refractivity (Wildman–Crippen MR) is 62.9 cm³/mol. The van der Waals surface area contributed by atoms with E-state index in [0.29, 0.717) is 11.9 Å². The minimum absolute atomic E-state index is 0.406. The Hall–Kier alpha value is -0.810. The number of anilines is 2. The summed E-state index contributed by atoms with van der Waals surface area (Å²) in [6.07, 6.45) is 0. The predicted octanol–water partition coefficient (Wildman–Crippen LogP) is 1.40. The highest BCUT2D eigenvalue weighted by Crippen LogP contribution is 2.25. The van der Waals surface area contributed by atoms with Gasteiger partial charge in [-0.15, -0.1) is 0 Å². The van der Waals surface area contributed by atoms with Gasteiger partial charge < -0.3 is 16.0 Å². The van der Waals surface area contributed by atoms with Crippen molar-refractivity contribution >= 4 is 22.4 Å². The van der Waals surface area contributed by atoms with E-state index in [2.05, 4.69) is 35.6 Å². The quantitative estimate of drug-likeness (QED) is 0.795. The van der Waals surface area contributed by atoms with Gasteiger partial charge in [-0.05, 0) is 39.5 Å². The van der Waals surface area contributed by atoms with E-state index in [1.165, 1.54) is 11.5 Å². The molecule has 0 fully saturated rings.